The number of hydrogen-bond acceptors (Lipinski definition) is 6. The smallest absolute Gasteiger partial charge is 0.395 e. The van der Waals surface area contributed by atoms with Gasteiger partial charge in [-0.05, 0) is 37.1 Å². The van der Waals surface area contributed by atoms with Crippen LogP contribution in [-0.4, -0.2) is 32.5 Å². The van der Waals surface area contributed by atoms with Crippen LogP contribution in [0.3, 0.4) is 0 Å². The second kappa shape index (κ2) is 26.4. The number of phosphoric ester groups is 1. The van der Waals surface area contributed by atoms with E-state index < -0.39 is 7.82 Å². The van der Waals surface area contributed by atoms with Crippen molar-refractivity contribution < 1.29 is 27.6 Å². The molecule has 1 unspecified atom stereocenters. The number of unbranched alkanes of at least 4 members (excludes halogenated alkanes) is 16. The molecule has 0 aliphatic carbocycles. The Morgan fingerprint density at radius 3 is 1.39 bits per heavy atom. The van der Waals surface area contributed by atoms with Crippen molar-refractivity contribution in [1.29, 1.82) is 0 Å². The highest BCUT2D eigenvalue weighted by atomic mass is 31.2. The third-order valence-corrected chi connectivity index (χ3v) is 8.97. The van der Waals surface area contributed by atoms with Crippen LogP contribution in [-0.2, 0) is 18.6 Å². The molecule has 2 aromatic carbocycles. The van der Waals surface area contributed by atoms with Crippen molar-refractivity contribution in [2.24, 2.45) is 0 Å². The SMILES string of the molecule is CCCCCCCCCCCCOCC(COP(=O)(Oc1ccccc1)Oc1ccccc1)OCCCCCCCCCC. The molecule has 0 saturated heterocycles. The summed E-state index contributed by atoms with van der Waals surface area (Å²) in [6, 6.07) is 18.0. The topological polar surface area (TPSA) is 63.2 Å². The van der Waals surface area contributed by atoms with E-state index in [0.717, 1.165) is 19.3 Å². The Balaban J connectivity index is 1.81. The maximum absolute atomic E-state index is 13.8. The summed E-state index contributed by atoms with van der Waals surface area (Å²) in [4.78, 5) is 0. The lowest BCUT2D eigenvalue weighted by atomic mass is 10.1. The Kier molecular flexibility index (Phi) is 23.0. The van der Waals surface area contributed by atoms with Crippen molar-refractivity contribution in [1.82, 2.24) is 0 Å². The van der Waals surface area contributed by atoms with E-state index in [4.69, 9.17) is 23.0 Å². The molecule has 0 heterocycles. The first-order chi connectivity index (χ1) is 21.6. The van der Waals surface area contributed by atoms with Gasteiger partial charge in [-0.2, -0.15) is 0 Å². The number of ether oxygens (including phenoxy) is 2. The minimum atomic E-state index is -3.99. The molecule has 0 N–H and O–H groups in total. The first-order valence-electron chi connectivity index (χ1n) is 17.6. The molecule has 44 heavy (non-hydrogen) atoms. The van der Waals surface area contributed by atoms with Crippen molar-refractivity contribution >= 4 is 7.82 Å². The Hall–Kier alpha value is -1.85. The molecule has 0 spiro atoms. The van der Waals surface area contributed by atoms with Gasteiger partial charge in [0.25, 0.3) is 0 Å². The van der Waals surface area contributed by atoms with Gasteiger partial charge in [0.15, 0.2) is 0 Å². The highest BCUT2D eigenvalue weighted by Gasteiger charge is 2.32. The summed E-state index contributed by atoms with van der Waals surface area (Å²) in [5.74, 6) is 0.834. The van der Waals surface area contributed by atoms with Gasteiger partial charge in [-0.15, -0.1) is 0 Å². The predicted octanol–water partition coefficient (Wildman–Crippen LogP) is 11.7. The predicted molar refractivity (Wildman–Crippen MR) is 183 cm³/mol. The second-order valence-electron chi connectivity index (χ2n) is 11.8. The molecule has 0 saturated carbocycles. The molecule has 1 atom stereocenters. The summed E-state index contributed by atoms with van der Waals surface area (Å²) in [6.45, 7) is 6.25. The van der Waals surface area contributed by atoms with Crippen LogP contribution in [0.1, 0.15) is 129 Å². The molecule has 0 bridgehead atoms. The van der Waals surface area contributed by atoms with Crippen LogP contribution in [0.25, 0.3) is 0 Å². The average molecular weight is 633 g/mol. The van der Waals surface area contributed by atoms with E-state index in [-0.39, 0.29) is 12.7 Å². The molecule has 0 aromatic heterocycles. The first-order valence-corrected chi connectivity index (χ1v) is 19.0. The molecule has 2 aromatic rings. The van der Waals surface area contributed by atoms with Crippen LogP contribution < -0.4 is 9.05 Å². The van der Waals surface area contributed by atoms with Gasteiger partial charge in [0.05, 0.1) is 13.2 Å². The highest BCUT2D eigenvalue weighted by molar-refractivity contribution is 7.49. The summed E-state index contributed by atoms with van der Waals surface area (Å²) >= 11 is 0. The molecule has 0 aliphatic rings. The van der Waals surface area contributed by atoms with E-state index >= 15 is 0 Å². The van der Waals surface area contributed by atoms with Crippen LogP contribution >= 0.6 is 7.82 Å². The molecule has 250 valence electrons. The summed E-state index contributed by atoms with van der Waals surface area (Å²) in [7, 11) is -3.99. The summed E-state index contributed by atoms with van der Waals surface area (Å²) in [5.41, 5.74) is 0. The lowest BCUT2D eigenvalue weighted by Gasteiger charge is -2.23. The lowest BCUT2D eigenvalue weighted by molar-refractivity contribution is -0.0422. The lowest BCUT2D eigenvalue weighted by Crippen LogP contribution is -2.27. The number of para-hydroxylation sites is 2. The highest BCUT2D eigenvalue weighted by Crippen LogP contribution is 2.49. The second-order valence-corrected chi connectivity index (χ2v) is 13.3. The van der Waals surface area contributed by atoms with Gasteiger partial charge in [-0.3, -0.25) is 4.52 Å². The number of phosphoric acid groups is 1. The summed E-state index contributed by atoms with van der Waals surface area (Å²) in [6.07, 6.45) is 22.4. The van der Waals surface area contributed by atoms with Crippen molar-refractivity contribution in [2.75, 3.05) is 26.4 Å². The zero-order valence-corrected chi connectivity index (χ0v) is 28.7. The van der Waals surface area contributed by atoms with E-state index in [2.05, 4.69) is 13.8 Å². The van der Waals surface area contributed by atoms with Gasteiger partial charge >= 0.3 is 7.82 Å². The molecule has 0 fully saturated rings. The molecule has 0 radical (unpaired) electrons. The first kappa shape index (κ1) is 38.3. The third-order valence-electron chi connectivity index (χ3n) is 7.64. The number of rotatable bonds is 30. The largest absolute Gasteiger partial charge is 0.587 e. The van der Waals surface area contributed by atoms with Crippen LogP contribution in [0.15, 0.2) is 60.7 Å². The Bertz CT molecular complexity index is 896. The fraction of sp³-hybridized carbons (Fsp3) is 0.676. The van der Waals surface area contributed by atoms with E-state index in [1.165, 1.54) is 96.3 Å². The third kappa shape index (κ3) is 20.2. The fourth-order valence-corrected chi connectivity index (χ4v) is 6.25. The minimum absolute atomic E-state index is 0.0476. The fourth-order valence-electron chi connectivity index (χ4n) is 5.00. The molecule has 6 nitrogen and oxygen atoms in total. The zero-order valence-electron chi connectivity index (χ0n) is 27.8. The Labute approximate surface area is 269 Å². The standard InChI is InChI=1S/C37H61O6P/c1-3-5-7-9-11-13-14-15-17-25-31-39-33-37(40-32-26-18-16-12-10-8-6-4-2)34-41-44(38,42-35-27-21-19-22-28-35)43-36-29-23-20-24-30-36/h19-24,27-30,37H,3-18,25-26,31-34H2,1-2H3. The Morgan fingerprint density at radius 2 is 0.932 bits per heavy atom. The molecule has 0 aliphatic heterocycles. The van der Waals surface area contributed by atoms with E-state index in [1.807, 2.05) is 36.4 Å². The van der Waals surface area contributed by atoms with Crippen LogP contribution in [0.5, 0.6) is 11.5 Å². The van der Waals surface area contributed by atoms with Crippen molar-refractivity contribution in [3.05, 3.63) is 60.7 Å². The van der Waals surface area contributed by atoms with E-state index in [0.29, 0.717) is 31.3 Å². The summed E-state index contributed by atoms with van der Waals surface area (Å²) < 4.78 is 43.5. The monoisotopic (exact) mass is 632 g/mol. The Morgan fingerprint density at radius 1 is 0.523 bits per heavy atom. The van der Waals surface area contributed by atoms with Crippen LogP contribution in [0.4, 0.5) is 0 Å². The van der Waals surface area contributed by atoms with Gasteiger partial charge < -0.3 is 18.5 Å². The molecule has 2 rings (SSSR count). The van der Waals surface area contributed by atoms with Gasteiger partial charge in [-0.25, -0.2) is 4.57 Å². The van der Waals surface area contributed by atoms with Gasteiger partial charge in [0.1, 0.15) is 17.6 Å². The normalized spacial score (nSPS) is 12.3. The van der Waals surface area contributed by atoms with E-state index in [1.54, 1.807) is 24.3 Å². The van der Waals surface area contributed by atoms with Gasteiger partial charge in [0.2, 0.25) is 0 Å². The molecule has 7 heteroatoms. The van der Waals surface area contributed by atoms with Crippen molar-refractivity contribution in [2.45, 2.75) is 136 Å². The molecular formula is C37H61O6P. The van der Waals surface area contributed by atoms with Crippen LogP contribution in [0, 0.1) is 0 Å². The maximum atomic E-state index is 13.8. The summed E-state index contributed by atoms with van der Waals surface area (Å²) in [5, 5.41) is 0. The zero-order chi connectivity index (χ0) is 31.4. The van der Waals surface area contributed by atoms with Crippen molar-refractivity contribution in [3.8, 4) is 11.5 Å². The van der Waals surface area contributed by atoms with Gasteiger partial charge in [0, 0.05) is 13.2 Å². The quantitative estimate of drug-likeness (QED) is 0.0631. The number of benzene rings is 2. The van der Waals surface area contributed by atoms with E-state index in [9.17, 15) is 4.57 Å². The molecular weight excluding hydrogens is 571 g/mol. The number of hydrogen-bond donors (Lipinski definition) is 0. The molecule has 0 amide bonds. The maximum Gasteiger partial charge on any atom is 0.587 e. The average Bonchev–Trinajstić information content (AvgIpc) is 3.04. The van der Waals surface area contributed by atoms with Crippen LogP contribution in [0.2, 0.25) is 0 Å². The minimum Gasteiger partial charge on any atom is -0.395 e. The van der Waals surface area contributed by atoms with Crippen molar-refractivity contribution in [3.63, 3.8) is 0 Å². The van der Waals surface area contributed by atoms with Gasteiger partial charge in [-0.1, -0.05) is 153 Å².